The van der Waals surface area contributed by atoms with E-state index in [-0.39, 0.29) is 0 Å². The normalized spacial score (nSPS) is 12.2. The van der Waals surface area contributed by atoms with Crippen molar-refractivity contribution in [1.82, 2.24) is 0 Å². The van der Waals surface area contributed by atoms with Crippen molar-refractivity contribution in [2.24, 2.45) is 5.92 Å². The molecule has 0 radical (unpaired) electrons. The molecule has 0 aliphatic carbocycles. The zero-order valence-electron chi connectivity index (χ0n) is 19.5. The first kappa shape index (κ1) is 20.3. The Hall–Kier alpha value is -3.32. The lowest BCUT2D eigenvalue weighted by atomic mass is 9.86. The largest absolute Gasteiger partial charge is 0.493 e. The summed E-state index contributed by atoms with van der Waals surface area (Å²) in [6.07, 6.45) is 4.92. The van der Waals surface area contributed by atoms with Gasteiger partial charge in [-0.1, -0.05) is 99.8 Å². The van der Waals surface area contributed by atoms with Crippen LogP contribution in [0.25, 0.3) is 53.9 Å². The van der Waals surface area contributed by atoms with Crippen LogP contribution in [0.3, 0.4) is 0 Å². The van der Waals surface area contributed by atoms with Crippen molar-refractivity contribution in [3.05, 3.63) is 78.9 Å². The molecule has 1 nitrogen and oxygen atoms in total. The number of rotatable bonds is 7. The maximum Gasteiger partial charge on any atom is 0.127 e. The third kappa shape index (κ3) is 3.38. The van der Waals surface area contributed by atoms with Crippen LogP contribution in [-0.2, 0) is 0 Å². The van der Waals surface area contributed by atoms with Gasteiger partial charge in [0.25, 0.3) is 0 Å². The SMILES string of the molecule is CC(C)CCCCCOc1cccc2c3cccc4ccc5cc6ccccc6c(c12)c5c43. The first-order valence-electron chi connectivity index (χ1n) is 12.4. The predicted octanol–water partition coefficient (Wildman–Crippen LogP) is 9.49. The van der Waals surface area contributed by atoms with E-state index >= 15 is 0 Å². The summed E-state index contributed by atoms with van der Waals surface area (Å²) >= 11 is 0. The molecule has 6 rings (SSSR count). The van der Waals surface area contributed by atoms with Gasteiger partial charge in [-0.25, -0.2) is 0 Å². The average Bonchev–Trinajstić information content (AvgIpc) is 2.84. The van der Waals surface area contributed by atoms with E-state index in [1.807, 2.05) is 0 Å². The van der Waals surface area contributed by atoms with Crippen molar-refractivity contribution < 1.29 is 4.74 Å². The molecular weight excluding hydrogens is 400 g/mol. The maximum atomic E-state index is 6.50. The summed E-state index contributed by atoms with van der Waals surface area (Å²) in [7, 11) is 0. The highest BCUT2D eigenvalue weighted by atomic mass is 16.5. The molecule has 0 amide bonds. The smallest absolute Gasteiger partial charge is 0.127 e. The second-order valence-corrected chi connectivity index (χ2v) is 9.81. The lowest BCUT2D eigenvalue weighted by Crippen LogP contribution is -1.99. The van der Waals surface area contributed by atoms with Crippen molar-refractivity contribution in [2.75, 3.05) is 6.61 Å². The molecule has 0 heterocycles. The number of benzene rings is 6. The second kappa shape index (κ2) is 8.23. The minimum absolute atomic E-state index is 0.772. The van der Waals surface area contributed by atoms with Gasteiger partial charge >= 0.3 is 0 Å². The fourth-order valence-electron chi connectivity index (χ4n) is 5.57. The molecule has 0 saturated heterocycles. The van der Waals surface area contributed by atoms with Crippen LogP contribution in [0.15, 0.2) is 78.9 Å². The van der Waals surface area contributed by atoms with Crippen LogP contribution in [0.5, 0.6) is 5.75 Å². The van der Waals surface area contributed by atoms with E-state index in [4.69, 9.17) is 4.74 Å². The van der Waals surface area contributed by atoms with E-state index in [2.05, 4.69) is 92.7 Å². The molecule has 0 N–H and O–H groups in total. The van der Waals surface area contributed by atoms with Gasteiger partial charge in [-0.2, -0.15) is 0 Å². The highest BCUT2D eigenvalue weighted by molar-refractivity contribution is 6.39. The fourth-order valence-corrected chi connectivity index (χ4v) is 5.57. The summed E-state index contributed by atoms with van der Waals surface area (Å²) in [6, 6.07) is 28.9. The van der Waals surface area contributed by atoms with Gasteiger partial charge in [-0.15, -0.1) is 0 Å². The molecule has 0 aromatic heterocycles. The molecular formula is C32H30O. The molecule has 0 fully saturated rings. The summed E-state index contributed by atoms with van der Waals surface area (Å²) in [5.74, 6) is 1.80. The van der Waals surface area contributed by atoms with Crippen molar-refractivity contribution in [1.29, 1.82) is 0 Å². The van der Waals surface area contributed by atoms with Gasteiger partial charge in [-0.05, 0) is 67.6 Å². The first-order valence-corrected chi connectivity index (χ1v) is 12.4. The zero-order valence-corrected chi connectivity index (χ0v) is 19.5. The van der Waals surface area contributed by atoms with Gasteiger partial charge < -0.3 is 4.74 Å². The summed E-state index contributed by atoms with van der Waals surface area (Å²) < 4.78 is 6.50. The minimum Gasteiger partial charge on any atom is -0.493 e. The minimum atomic E-state index is 0.772. The molecule has 0 aliphatic rings. The number of ether oxygens (including phenoxy) is 1. The molecule has 0 saturated carbocycles. The van der Waals surface area contributed by atoms with E-state index in [9.17, 15) is 0 Å². The summed E-state index contributed by atoms with van der Waals surface area (Å²) in [4.78, 5) is 0. The molecule has 0 spiro atoms. The van der Waals surface area contributed by atoms with E-state index in [1.165, 1.54) is 73.1 Å². The predicted molar refractivity (Wildman–Crippen MR) is 144 cm³/mol. The van der Waals surface area contributed by atoms with Gasteiger partial charge in [0, 0.05) is 10.8 Å². The Morgan fingerprint density at radius 2 is 1.30 bits per heavy atom. The maximum absolute atomic E-state index is 6.50. The Balaban J connectivity index is 1.59. The van der Waals surface area contributed by atoms with Gasteiger partial charge in [0.2, 0.25) is 0 Å². The lowest BCUT2D eigenvalue weighted by molar-refractivity contribution is 0.306. The van der Waals surface area contributed by atoms with Gasteiger partial charge in [0.1, 0.15) is 5.75 Å². The molecule has 164 valence electrons. The van der Waals surface area contributed by atoms with Gasteiger partial charge in [0.05, 0.1) is 6.61 Å². The van der Waals surface area contributed by atoms with E-state index < -0.39 is 0 Å². The standard InChI is InChI=1S/C32H30O/c1-21(2)10-4-3-7-19-33-28-16-9-15-27-26-14-8-12-22-17-18-24-20-23-11-5-6-13-25(23)32(31(27)28)30(24)29(22)26/h5-6,8-9,11-18,20-21H,3-4,7,10,19H2,1-2H3. The van der Waals surface area contributed by atoms with Crippen LogP contribution in [0, 0.1) is 5.92 Å². The van der Waals surface area contributed by atoms with E-state index in [0.29, 0.717) is 0 Å². The molecule has 0 unspecified atom stereocenters. The molecule has 1 heteroatoms. The number of hydrogen-bond donors (Lipinski definition) is 0. The number of fused-ring (bicyclic) bond motifs is 5. The number of hydrogen-bond acceptors (Lipinski definition) is 1. The van der Waals surface area contributed by atoms with Gasteiger partial charge in [-0.3, -0.25) is 0 Å². The van der Waals surface area contributed by atoms with Crippen LogP contribution < -0.4 is 4.74 Å². The quantitative estimate of drug-likeness (QED) is 0.139. The second-order valence-electron chi connectivity index (χ2n) is 9.81. The Labute approximate surface area is 195 Å². The zero-order chi connectivity index (χ0) is 22.4. The van der Waals surface area contributed by atoms with Crippen LogP contribution in [0.2, 0.25) is 0 Å². The lowest BCUT2D eigenvalue weighted by Gasteiger charge is -2.19. The molecule has 0 atom stereocenters. The first-order chi connectivity index (χ1) is 16.2. The highest BCUT2D eigenvalue weighted by Crippen LogP contribution is 2.46. The van der Waals surface area contributed by atoms with Crippen LogP contribution in [0.4, 0.5) is 0 Å². The number of unbranched alkanes of at least 4 members (excludes halogenated alkanes) is 2. The van der Waals surface area contributed by atoms with Crippen molar-refractivity contribution in [2.45, 2.75) is 39.5 Å². The highest BCUT2D eigenvalue weighted by Gasteiger charge is 2.18. The van der Waals surface area contributed by atoms with Crippen molar-refractivity contribution >= 4 is 53.9 Å². The third-order valence-corrected chi connectivity index (χ3v) is 7.12. The summed E-state index contributed by atoms with van der Waals surface area (Å²) in [5, 5.41) is 13.1. The Bertz CT molecular complexity index is 1590. The molecule has 0 aliphatic heterocycles. The molecule has 6 aromatic carbocycles. The molecule has 6 aromatic rings. The fraction of sp³-hybridized carbons (Fsp3) is 0.250. The van der Waals surface area contributed by atoms with Gasteiger partial charge in [0.15, 0.2) is 0 Å². The monoisotopic (exact) mass is 430 g/mol. The summed E-state index contributed by atoms with van der Waals surface area (Å²) in [6.45, 7) is 5.38. The van der Waals surface area contributed by atoms with Crippen molar-refractivity contribution in [3.8, 4) is 5.75 Å². The summed E-state index contributed by atoms with van der Waals surface area (Å²) in [5.41, 5.74) is 0. The Kier molecular flexibility index (Phi) is 5.06. The molecule has 0 bridgehead atoms. The van der Waals surface area contributed by atoms with Crippen LogP contribution >= 0.6 is 0 Å². The Morgan fingerprint density at radius 1 is 0.576 bits per heavy atom. The molecule has 33 heavy (non-hydrogen) atoms. The van der Waals surface area contributed by atoms with E-state index in [0.717, 1.165) is 24.7 Å². The van der Waals surface area contributed by atoms with Crippen LogP contribution in [-0.4, -0.2) is 6.61 Å². The topological polar surface area (TPSA) is 9.23 Å². The third-order valence-electron chi connectivity index (χ3n) is 7.12. The van der Waals surface area contributed by atoms with Crippen LogP contribution in [0.1, 0.15) is 39.5 Å². The van der Waals surface area contributed by atoms with E-state index in [1.54, 1.807) is 0 Å². The average molecular weight is 431 g/mol. The van der Waals surface area contributed by atoms with Crippen molar-refractivity contribution in [3.63, 3.8) is 0 Å². The Morgan fingerprint density at radius 3 is 2.18 bits per heavy atom.